The molecule has 0 unspecified atom stereocenters. The Kier molecular flexibility index (Phi) is 3.20. The second-order valence-electron chi connectivity index (χ2n) is 3.51. The van der Waals surface area contributed by atoms with Crippen LogP contribution in [0.3, 0.4) is 0 Å². The standard InChI is InChI=1S/C10H7F3N2O2S/c11-10(12,13)7-2-1-3-8(4-7)14-6-18-5-9(14)15(16)17/h1-5H,6H2. The molecular formula is C10H7F3N2O2S. The molecule has 2 rings (SSSR count). The summed E-state index contributed by atoms with van der Waals surface area (Å²) in [5, 5.41) is 12.0. The van der Waals surface area contributed by atoms with Gasteiger partial charge in [0.1, 0.15) is 11.6 Å². The summed E-state index contributed by atoms with van der Waals surface area (Å²) in [6, 6.07) is 4.49. The number of alkyl halides is 3. The molecular weight excluding hydrogens is 269 g/mol. The highest BCUT2D eigenvalue weighted by molar-refractivity contribution is 8.02. The number of benzene rings is 1. The minimum atomic E-state index is -4.46. The molecule has 0 aromatic heterocycles. The van der Waals surface area contributed by atoms with Gasteiger partial charge in [-0.05, 0) is 23.1 Å². The number of anilines is 1. The van der Waals surface area contributed by atoms with Gasteiger partial charge in [0.15, 0.2) is 0 Å². The summed E-state index contributed by atoms with van der Waals surface area (Å²) in [5.74, 6) is 0.0248. The minimum absolute atomic E-state index is 0.165. The van der Waals surface area contributed by atoms with Crippen LogP contribution < -0.4 is 4.90 Å². The first-order valence-electron chi connectivity index (χ1n) is 4.80. The Balaban J connectivity index is 2.35. The Bertz CT molecular complexity index is 516. The topological polar surface area (TPSA) is 46.4 Å². The lowest BCUT2D eigenvalue weighted by molar-refractivity contribution is -0.425. The van der Waals surface area contributed by atoms with Crippen molar-refractivity contribution in [3.8, 4) is 0 Å². The molecule has 0 aliphatic carbocycles. The van der Waals surface area contributed by atoms with E-state index in [2.05, 4.69) is 0 Å². The van der Waals surface area contributed by atoms with E-state index in [1.54, 1.807) is 0 Å². The molecule has 0 saturated heterocycles. The molecule has 96 valence electrons. The van der Waals surface area contributed by atoms with Gasteiger partial charge in [0.25, 0.3) is 0 Å². The highest BCUT2D eigenvalue weighted by Crippen LogP contribution is 2.35. The highest BCUT2D eigenvalue weighted by Gasteiger charge is 2.34. The van der Waals surface area contributed by atoms with Gasteiger partial charge in [0, 0.05) is 0 Å². The van der Waals surface area contributed by atoms with Crippen LogP contribution >= 0.6 is 11.8 Å². The molecule has 1 aliphatic heterocycles. The first-order chi connectivity index (χ1) is 8.39. The summed E-state index contributed by atoms with van der Waals surface area (Å²) in [4.78, 5) is 11.4. The van der Waals surface area contributed by atoms with Crippen molar-refractivity contribution in [2.24, 2.45) is 0 Å². The molecule has 0 amide bonds. The molecule has 0 atom stereocenters. The van der Waals surface area contributed by atoms with Crippen molar-refractivity contribution in [3.63, 3.8) is 0 Å². The molecule has 0 spiro atoms. The van der Waals surface area contributed by atoms with Crippen LogP contribution in [-0.2, 0) is 6.18 Å². The average molecular weight is 276 g/mol. The van der Waals surface area contributed by atoms with Crippen LogP contribution in [0.5, 0.6) is 0 Å². The fourth-order valence-corrected chi connectivity index (χ4v) is 2.38. The number of rotatable bonds is 2. The Morgan fingerprint density at radius 1 is 1.39 bits per heavy atom. The molecule has 1 aromatic carbocycles. The summed E-state index contributed by atoms with van der Waals surface area (Å²) in [5.41, 5.74) is -0.655. The largest absolute Gasteiger partial charge is 0.416 e. The van der Waals surface area contributed by atoms with Crippen molar-refractivity contribution in [2.45, 2.75) is 6.18 Å². The number of nitro groups is 1. The maximum Gasteiger partial charge on any atom is 0.416 e. The number of hydrogen-bond donors (Lipinski definition) is 0. The fourth-order valence-electron chi connectivity index (χ4n) is 1.51. The lowest BCUT2D eigenvalue weighted by Crippen LogP contribution is -2.23. The van der Waals surface area contributed by atoms with E-state index in [1.807, 2.05) is 0 Å². The van der Waals surface area contributed by atoms with Crippen molar-refractivity contribution in [3.05, 3.63) is 51.2 Å². The number of halogens is 3. The molecule has 0 N–H and O–H groups in total. The first kappa shape index (κ1) is 12.7. The van der Waals surface area contributed by atoms with E-state index in [9.17, 15) is 23.3 Å². The smallest absolute Gasteiger partial charge is 0.358 e. The lowest BCUT2D eigenvalue weighted by Gasteiger charge is -2.14. The maximum atomic E-state index is 12.5. The van der Waals surface area contributed by atoms with Gasteiger partial charge in [-0.25, -0.2) is 4.90 Å². The molecule has 0 radical (unpaired) electrons. The van der Waals surface area contributed by atoms with Crippen molar-refractivity contribution < 1.29 is 18.1 Å². The Hall–Kier alpha value is -1.70. The third-order valence-corrected chi connectivity index (χ3v) is 3.13. The van der Waals surface area contributed by atoms with Crippen LogP contribution in [0.2, 0.25) is 0 Å². The molecule has 4 nitrogen and oxygen atoms in total. The summed E-state index contributed by atoms with van der Waals surface area (Å²) in [6.45, 7) is 0. The molecule has 8 heteroatoms. The third-order valence-electron chi connectivity index (χ3n) is 2.34. The third kappa shape index (κ3) is 2.42. The SMILES string of the molecule is O=[N+]([O-])C1=CSCN1c1cccc(C(F)(F)F)c1. The molecule has 18 heavy (non-hydrogen) atoms. The van der Waals surface area contributed by atoms with Crippen LogP contribution in [0.25, 0.3) is 0 Å². The van der Waals surface area contributed by atoms with Crippen LogP contribution in [0.4, 0.5) is 18.9 Å². The summed E-state index contributed by atoms with van der Waals surface area (Å²) in [7, 11) is 0. The van der Waals surface area contributed by atoms with E-state index in [0.29, 0.717) is 0 Å². The van der Waals surface area contributed by atoms with Crippen LogP contribution in [0.15, 0.2) is 35.5 Å². The first-order valence-corrected chi connectivity index (χ1v) is 5.85. The van der Waals surface area contributed by atoms with E-state index >= 15 is 0 Å². The molecule has 1 heterocycles. The van der Waals surface area contributed by atoms with Gasteiger partial charge in [-0.3, -0.25) is 0 Å². The maximum absolute atomic E-state index is 12.5. The van der Waals surface area contributed by atoms with E-state index in [-0.39, 0.29) is 17.4 Å². The average Bonchev–Trinajstić information content (AvgIpc) is 2.77. The van der Waals surface area contributed by atoms with Crippen molar-refractivity contribution in [1.82, 2.24) is 0 Å². The van der Waals surface area contributed by atoms with Gasteiger partial charge in [-0.2, -0.15) is 13.2 Å². The molecule has 1 aromatic rings. The van der Waals surface area contributed by atoms with Crippen molar-refractivity contribution in [2.75, 3.05) is 10.8 Å². The second-order valence-corrected chi connectivity index (χ2v) is 4.33. The normalized spacial score (nSPS) is 15.7. The van der Waals surface area contributed by atoms with Crippen molar-refractivity contribution >= 4 is 17.4 Å². The van der Waals surface area contributed by atoms with Gasteiger partial charge in [0.2, 0.25) is 0 Å². The van der Waals surface area contributed by atoms with E-state index < -0.39 is 16.7 Å². The van der Waals surface area contributed by atoms with E-state index in [1.165, 1.54) is 34.2 Å². The number of nitrogens with zero attached hydrogens (tertiary/aromatic N) is 2. The predicted octanol–water partition coefficient (Wildman–Crippen LogP) is 3.29. The van der Waals surface area contributed by atoms with Crippen molar-refractivity contribution in [1.29, 1.82) is 0 Å². The van der Waals surface area contributed by atoms with Crippen LogP contribution in [0.1, 0.15) is 5.56 Å². The van der Waals surface area contributed by atoms with Gasteiger partial charge in [0.05, 0.1) is 11.0 Å². The van der Waals surface area contributed by atoms with E-state index in [0.717, 1.165) is 12.1 Å². The molecule has 0 bridgehead atoms. The summed E-state index contributed by atoms with van der Waals surface area (Å²) >= 11 is 1.17. The quantitative estimate of drug-likeness (QED) is 0.614. The summed E-state index contributed by atoms with van der Waals surface area (Å²) in [6.07, 6.45) is -4.46. The zero-order chi connectivity index (χ0) is 13.3. The van der Waals surface area contributed by atoms with Crippen LogP contribution in [0, 0.1) is 10.1 Å². The second kappa shape index (κ2) is 4.52. The number of thioether (sulfide) groups is 1. The highest BCUT2D eigenvalue weighted by atomic mass is 32.2. The van der Waals surface area contributed by atoms with Crippen LogP contribution in [-0.4, -0.2) is 10.8 Å². The molecule has 1 aliphatic rings. The fraction of sp³-hybridized carbons (Fsp3) is 0.200. The van der Waals surface area contributed by atoms with Gasteiger partial charge < -0.3 is 10.1 Å². The van der Waals surface area contributed by atoms with E-state index in [4.69, 9.17) is 0 Å². The van der Waals surface area contributed by atoms with Gasteiger partial charge in [-0.1, -0.05) is 17.8 Å². The van der Waals surface area contributed by atoms with Gasteiger partial charge in [-0.15, -0.1) is 0 Å². The summed E-state index contributed by atoms with van der Waals surface area (Å²) < 4.78 is 37.6. The monoisotopic (exact) mass is 276 g/mol. The Morgan fingerprint density at radius 2 is 2.11 bits per heavy atom. The molecule has 0 saturated carbocycles. The van der Waals surface area contributed by atoms with Gasteiger partial charge >= 0.3 is 12.0 Å². The lowest BCUT2D eigenvalue weighted by atomic mass is 10.2. The molecule has 0 fully saturated rings. The predicted molar refractivity (Wildman–Crippen MR) is 61.5 cm³/mol. The Labute approximate surface area is 104 Å². The zero-order valence-electron chi connectivity index (χ0n) is 8.85. The minimum Gasteiger partial charge on any atom is -0.358 e. The Morgan fingerprint density at radius 3 is 2.72 bits per heavy atom. The zero-order valence-corrected chi connectivity index (χ0v) is 9.66. The number of hydrogen-bond acceptors (Lipinski definition) is 4.